The van der Waals surface area contributed by atoms with Crippen molar-refractivity contribution in [2.75, 3.05) is 50.8 Å². The second-order valence-electron chi connectivity index (χ2n) is 9.33. The molecule has 8 heteroatoms. The summed E-state index contributed by atoms with van der Waals surface area (Å²) in [7, 11) is 0. The van der Waals surface area contributed by atoms with Crippen LogP contribution < -0.4 is 4.90 Å². The molecule has 0 radical (unpaired) electrons. The number of oxime groups is 1. The Hall–Kier alpha value is -2.74. The van der Waals surface area contributed by atoms with Gasteiger partial charge in [-0.05, 0) is 31.4 Å². The molecule has 1 saturated carbocycles. The molecule has 1 unspecified atom stereocenters. The Balaban J connectivity index is 1.07. The maximum atomic E-state index is 5.19. The lowest BCUT2D eigenvalue weighted by Gasteiger charge is -2.49. The van der Waals surface area contributed by atoms with Crippen molar-refractivity contribution in [3.63, 3.8) is 0 Å². The number of amidine groups is 1. The summed E-state index contributed by atoms with van der Waals surface area (Å²) in [5, 5.41) is 4.20. The van der Waals surface area contributed by atoms with Gasteiger partial charge in [0.2, 0.25) is 0 Å². The minimum absolute atomic E-state index is 0.507. The Kier molecular flexibility index (Phi) is 4.74. The molecule has 1 spiro atoms. The van der Waals surface area contributed by atoms with Crippen LogP contribution >= 0.6 is 0 Å². The molecule has 0 aromatic carbocycles. The maximum Gasteiger partial charge on any atom is 0.148 e. The molecule has 3 fully saturated rings. The summed E-state index contributed by atoms with van der Waals surface area (Å²) >= 11 is 0. The Morgan fingerprint density at radius 1 is 1.00 bits per heavy atom. The molecule has 3 aliphatic heterocycles. The molecule has 31 heavy (non-hydrogen) atoms. The van der Waals surface area contributed by atoms with E-state index in [0.717, 1.165) is 62.1 Å². The summed E-state index contributed by atoms with van der Waals surface area (Å²) in [6.45, 7) is 7.30. The van der Waals surface area contributed by atoms with E-state index in [0.29, 0.717) is 11.5 Å². The van der Waals surface area contributed by atoms with Gasteiger partial charge in [0.1, 0.15) is 18.3 Å². The SMILES string of the molecule is c1cnc(N2CCN(C3CCC4(C3)CN(C3=NOCC3)C4)CC2)c(-c2cnccn2)c1. The third-order valence-corrected chi connectivity index (χ3v) is 7.44. The number of aromatic nitrogens is 3. The molecule has 6 rings (SSSR count). The first-order valence-electron chi connectivity index (χ1n) is 11.4. The van der Waals surface area contributed by atoms with Crippen LogP contribution in [0.15, 0.2) is 42.1 Å². The first kappa shape index (κ1) is 19.0. The van der Waals surface area contributed by atoms with Crippen LogP contribution in [0.2, 0.25) is 0 Å². The van der Waals surface area contributed by atoms with E-state index < -0.39 is 0 Å². The molecule has 2 aromatic rings. The van der Waals surface area contributed by atoms with Crippen molar-refractivity contribution in [1.29, 1.82) is 0 Å². The number of hydrogen-bond acceptors (Lipinski definition) is 8. The van der Waals surface area contributed by atoms with E-state index in [1.165, 1.54) is 32.4 Å². The van der Waals surface area contributed by atoms with Crippen molar-refractivity contribution in [3.8, 4) is 11.3 Å². The van der Waals surface area contributed by atoms with Crippen LogP contribution in [0.1, 0.15) is 25.7 Å². The van der Waals surface area contributed by atoms with Crippen LogP contribution in [0.4, 0.5) is 5.82 Å². The van der Waals surface area contributed by atoms with E-state index in [2.05, 4.69) is 35.9 Å². The number of hydrogen-bond donors (Lipinski definition) is 0. The zero-order valence-electron chi connectivity index (χ0n) is 17.9. The van der Waals surface area contributed by atoms with Gasteiger partial charge in [-0.1, -0.05) is 5.16 Å². The van der Waals surface area contributed by atoms with E-state index >= 15 is 0 Å². The molecule has 1 atom stereocenters. The third-order valence-electron chi connectivity index (χ3n) is 7.44. The summed E-state index contributed by atoms with van der Waals surface area (Å²) in [6, 6.07) is 4.79. The van der Waals surface area contributed by atoms with Crippen LogP contribution in [0.25, 0.3) is 11.3 Å². The monoisotopic (exact) mass is 419 g/mol. The fourth-order valence-corrected chi connectivity index (χ4v) is 5.83. The first-order valence-corrected chi connectivity index (χ1v) is 11.4. The van der Waals surface area contributed by atoms with Gasteiger partial charge in [-0.2, -0.15) is 0 Å². The fraction of sp³-hybridized carbons (Fsp3) is 0.565. The van der Waals surface area contributed by atoms with Crippen molar-refractivity contribution in [1.82, 2.24) is 24.8 Å². The predicted octanol–water partition coefficient (Wildman–Crippen LogP) is 2.25. The molecule has 0 bridgehead atoms. The molecule has 0 N–H and O–H groups in total. The number of piperazine rings is 1. The third kappa shape index (κ3) is 3.52. The van der Waals surface area contributed by atoms with E-state index in [9.17, 15) is 0 Å². The van der Waals surface area contributed by atoms with Gasteiger partial charge in [-0.25, -0.2) is 4.98 Å². The Bertz CT molecular complexity index is 951. The quantitative estimate of drug-likeness (QED) is 0.756. The molecular weight excluding hydrogens is 390 g/mol. The smallest absolute Gasteiger partial charge is 0.148 e. The number of likely N-dealkylation sites (tertiary alicyclic amines) is 1. The highest BCUT2D eigenvalue weighted by atomic mass is 16.6. The summed E-state index contributed by atoms with van der Waals surface area (Å²) in [6.07, 6.45) is 12.1. The molecule has 1 aliphatic carbocycles. The van der Waals surface area contributed by atoms with E-state index in [-0.39, 0.29) is 0 Å². The largest absolute Gasteiger partial charge is 0.394 e. The van der Waals surface area contributed by atoms with Crippen molar-refractivity contribution in [2.24, 2.45) is 10.6 Å². The van der Waals surface area contributed by atoms with Gasteiger partial charge in [0, 0.05) is 81.3 Å². The van der Waals surface area contributed by atoms with Crippen molar-refractivity contribution in [3.05, 3.63) is 36.9 Å². The van der Waals surface area contributed by atoms with E-state index in [1.54, 1.807) is 12.4 Å². The molecule has 4 aliphatic rings. The van der Waals surface area contributed by atoms with Crippen molar-refractivity contribution in [2.45, 2.75) is 31.7 Å². The summed E-state index contributed by atoms with van der Waals surface area (Å²) < 4.78 is 0. The summed E-state index contributed by atoms with van der Waals surface area (Å²) in [4.78, 5) is 26.2. The molecule has 2 saturated heterocycles. The zero-order valence-corrected chi connectivity index (χ0v) is 17.9. The normalized spacial score (nSPS) is 25.4. The first-order chi connectivity index (χ1) is 15.3. The average molecular weight is 420 g/mol. The highest BCUT2D eigenvalue weighted by Gasteiger charge is 2.50. The zero-order chi connectivity index (χ0) is 20.7. The molecule has 0 amide bonds. The van der Waals surface area contributed by atoms with Crippen LogP contribution in [0, 0.1) is 5.41 Å². The van der Waals surface area contributed by atoms with E-state index in [1.807, 2.05) is 18.5 Å². The second-order valence-corrected chi connectivity index (χ2v) is 9.33. The van der Waals surface area contributed by atoms with Gasteiger partial charge in [0.05, 0.1) is 11.9 Å². The molecular formula is C23H29N7O. The highest BCUT2D eigenvalue weighted by Crippen LogP contribution is 2.47. The molecule has 8 nitrogen and oxygen atoms in total. The van der Waals surface area contributed by atoms with Crippen LogP contribution in [0.3, 0.4) is 0 Å². The Labute approximate surface area is 182 Å². The Morgan fingerprint density at radius 2 is 1.90 bits per heavy atom. The fourth-order valence-electron chi connectivity index (χ4n) is 5.83. The molecule has 5 heterocycles. The highest BCUT2D eigenvalue weighted by molar-refractivity contribution is 5.83. The Morgan fingerprint density at radius 3 is 2.68 bits per heavy atom. The van der Waals surface area contributed by atoms with Gasteiger partial charge in [-0.15, -0.1) is 0 Å². The summed E-state index contributed by atoms with van der Waals surface area (Å²) in [5.41, 5.74) is 2.46. The number of pyridine rings is 1. The maximum absolute atomic E-state index is 5.19. The molecule has 2 aromatic heterocycles. The average Bonchev–Trinajstić information content (AvgIpc) is 3.49. The lowest BCUT2D eigenvalue weighted by Crippen LogP contribution is -2.58. The molecule has 162 valence electrons. The van der Waals surface area contributed by atoms with Crippen molar-refractivity contribution >= 4 is 11.7 Å². The predicted molar refractivity (Wildman–Crippen MR) is 119 cm³/mol. The minimum atomic E-state index is 0.507. The van der Waals surface area contributed by atoms with Crippen LogP contribution in [0.5, 0.6) is 0 Å². The van der Waals surface area contributed by atoms with Crippen LogP contribution in [-0.2, 0) is 4.84 Å². The van der Waals surface area contributed by atoms with E-state index in [4.69, 9.17) is 9.82 Å². The topological polar surface area (TPSA) is 70.0 Å². The number of anilines is 1. The van der Waals surface area contributed by atoms with Crippen LogP contribution in [-0.4, -0.2) is 82.5 Å². The van der Waals surface area contributed by atoms with Gasteiger partial charge >= 0.3 is 0 Å². The summed E-state index contributed by atoms with van der Waals surface area (Å²) in [5.74, 6) is 2.19. The van der Waals surface area contributed by atoms with Gasteiger partial charge in [-0.3, -0.25) is 14.9 Å². The lowest BCUT2D eigenvalue weighted by molar-refractivity contribution is 0.0520. The number of nitrogens with zero attached hydrogens (tertiary/aromatic N) is 7. The van der Waals surface area contributed by atoms with Gasteiger partial charge in [0.25, 0.3) is 0 Å². The second kappa shape index (κ2) is 7.75. The minimum Gasteiger partial charge on any atom is -0.394 e. The number of rotatable bonds is 3. The lowest BCUT2D eigenvalue weighted by atomic mass is 9.77. The van der Waals surface area contributed by atoms with Gasteiger partial charge < -0.3 is 14.6 Å². The van der Waals surface area contributed by atoms with Gasteiger partial charge in [0.15, 0.2) is 0 Å². The standard InChI is InChI=1S/C23H29N7O/c1-2-19(20-15-24-7-8-25-20)22(26-6-1)29-11-9-28(10-12-29)18-3-5-23(14-18)16-30(17-23)21-4-13-31-27-21/h1-2,6-8,15,18H,3-5,9-14,16-17H2. The van der Waals surface area contributed by atoms with Crippen molar-refractivity contribution < 1.29 is 4.84 Å².